The van der Waals surface area contributed by atoms with Crippen LogP contribution in [0.4, 0.5) is 4.79 Å². The second-order valence-electron chi connectivity index (χ2n) is 14.7. The minimum atomic E-state index is -0.966. The van der Waals surface area contributed by atoms with Gasteiger partial charge in [0, 0.05) is 38.4 Å². The molecule has 12 heteroatoms. The fourth-order valence-corrected chi connectivity index (χ4v) is 7.53. The molecule has 1 fully saturated rings. The molecule has 294 valence electrons. The number of nitrogens with two attached hydrogens (primary N) is 1. The quantitative estimate of drug-likeness (QED) is 0.0893. The molecule has 1 aliphatic heterocycles. The molecular weight excluding hydrogens is 707 g/mol. The number of Topliss-reactive ketones (excluding diaryl/α,β-unsaturated/α-hetero) is 1. The summed E-state index contributed by atoms with van der Waals surface area (Å²) < 4.78 is 0. The van der Waals surface area contributed by atoms with E-state index in [1.54, 1.807) is 4.90 Å². The van der Waals surface area contributed by atoms with Gasteiger partial charge in [-0.25, -0.2) is 4.79 Å². The molecule has 0 unspecified atom stereocenters. The second-order valence-corrected chi connectivity index (χ2v) is 14.7. The van der Waals surface area contributed by atoms with E-state index in [2.05, 4.69) is 33.4 Å². The van der Waals surface area contributed by atoms with Crippen molar-refractivity contribution in [1.29, 1.82) is 5.26 Å². The van der Waals surface area contributed by atoms with Gasteiger partial charge in [-0.05, 0) is 79.7 Å². The Morgan fingerprint density at radius 1 is 0.893 bits per heavy atom. The van der Waals surface area contributed by atoms with E-state index in [0.717, 1.165) is 46.2 Å². The fraction of sp³-hybridized carbons (Fsp3) is 0.409. The lowest BCUT2D eigenvalue weighted by molar-refractivity contribution is -0.144. The first-order valence-corrected chi connectivity index (χ1v) is 19.5. The third-order valence-electron chi connectivity index (χ3n) is 10.6. The first kappa shape index (κ1) is 41.4. The molecule has 0 aromatic heterocycles. The van der Waals surface area contributed by atoms with E-state index in [-0.39, 0.29) is 50.1 Å². The van der Waals surface area contributed by atoms with Gasteiger partial charge in [0.2, 0.25) is 17.7 Å². The topological polar surface area (TPSA) is 187 Å². The minimum Gasteiger partial charge on any atom is -0.352 e. The van der Waals surface area contributed by atoms with Crippen LogP contribution in [0.1, 0.15) is 72.8 Å². The molecule has 0 radical (unpaired) electrons. The Bertz CT molecular complexity index is 1910. The number of ketones is 1. The molecule has 2 aliphatic rings. The van der Waals surface area contributed by atoms with Crippen molar-refractivity contribution >= 4 is 35.1 Å². The first-order chi connectivity index (χ1) is 27.1. The van der Waals surface area contributed by atoms with Crippen molar-refractivity contribution < 1.29 is 24.0 Å². The molecule has 5 rings (SSSR count). The van der Waals surface area contributed by atoms with Gasteiger partial charge in [0.05, 0.1) is 24.7 Å². The van der Waals surface area contributed by atoms with Crippen LogP contribution in [0.15, 0.2) is 84.9 Å². The normalized spacial score (nSPS) is 16.3. The number of primary amides is 1. The van der Waals surface area contributed by atoms with Crippen molar-refractivity contribution in [1.82, 2.24) is 26.2 Å². The molecule has 3 aromatic carbocycles. The molecule has 56 heavy (non-hydrogen) atoms. The van der Waals surface area contributed by atoms with Crippen LogP contribution in [-0.2, 0) is 38.6 Å². The molecule has 1 aliphatic carbocycles. The lowest BCUT2D eigenvalue weighted by Gasteiger charge is -2.37. The van der Waals surface area contributed by atoms with E-state index in [9.17, 15) is 29.2 Å². The molecule has 1 saturated heterocycles. The Morgan fingerprint density at radius 2 is 1.64 bits per heavy atom. The van der Waals surface area contributed by atoms with Crippen LogP contribution in [0.5, 0.6) is 0 Å². The number of amides is 5. The summed E-state index contributed by atoms with van der Waals surface area (Å²) in [6.45, 7) is 2.86. The number of carbonyl (C=O) groups is 5. The Balaban J connectivity index is 1.36. The zero-order chi connectivity index (χ0) is 39.9. The molecule has 0 saturated carbocycles. The molecule has 6 N–H and O–H groups in total. The van der Waals surface area contributed by atoms with Gasteiger partial charge in [0.15, 0.2) is 5.78 Å². The maximum Gasteiger partial charge on any atom is 0.312 e. The highest BCUT2D eigenvalue weighted by Gasteiger charge is 2.38. The molecule has 0 spiro atoms. The molecule has 12 nitrogen and oxygen atoms in total. The summed E-state index contributed by atoms with van der Waals surface area (Å²) in [6.07, 6.45) is 5.83. The fourth-order valence-electron chi connectivity index (χ4n) is 7.53. The minimum absolute atomic E-state index is 0.0283. The lowest BCUT2D eigenvalue weighted by atomic mass is 9.89. The summed E-state index contributed by atoms with van der Waals surface area (Å²) >= 11 is 0. The van der Waals surface area contributed by atoms with Gasteiger partial charge in [-0.15, -0.1) is 0 Å². The number of nitriles is 1. The summed E-state index contributed by atoms with van der Waals surface area (Å²) in [6, 6.07) is 24.2. The van der Waals surface area contributed by atoms with Crippen molar-refractivity contribution in [3.05, 3.63) is 113 Å². The van der Waals surface area contributed by atoms with Crippen molar-refractivity contribution in [2.75, 3.05) is 19.6 Å². The number of nitrogens with one attached hydrogen (secondary N) is 4. The average molecular weight is 760 g/mol. The highest BCUT2D eigenvalue weighted by atomic mass is 16.2. The predicted octanol–water partition coefficient (Wildman–Crippen LogP) is 4.26. The van der Waals surface area contributed by atoms with E-state index in [1.807, 2.05) is 85.8 Å². The Hall–Kier alpha value is -5.80. The van der Waals surface area contributed by atoms with Crippen molar-refractivity contribution in [2.45, 2.75) is 89.4 Å². The Morgan fingerprint density at radius 3 is 2.39 bits per heavy atom. The van der Waals surface area contributed by atoms with Crippen LogP contribution in [-0.4, -0.2) is 72.2 Å². The van der Waals surface area contributed by atoms with Gasteiger partial charge >= 0.3 is 6.03 Å². The van der Waals surface area contributed by atoms with Gasteiger partial charge in [0.1, 0.15) is 6.04 Å². The summed E-state index contributed by atoms with van der Waals surface area (Å²) in [5.74, 6) is -2.02. The summed E-state index contributed by atoms with van der Waals surface area (Å²) in [5, 5.41) is 21.0. The molecule has 1 heterocycles. The van der Waals surface area contributed by atoms with Crippen molar-refractivity contribution in [3.8, 4) is 6.07 Å². The van der Waals surface area contributed by atoms with Crippen LogP contribution in [0.2, 0.25) is 0 Å². The van der Waals surface area contributed by atoms with Gasteiger partial charge in [-0.3, -0.25) is 24.5 Å². The third-order valence-corrected chi connectivity index (χ3v) is 10.6. The molecule has 0 bridgehead atoms. The average Bonchev–Trinajstić information content (AvgIpc) is 3.62. The zero-order valence-corrected chi connectivity index (χ0v) is 32.1. The van der Waals surface area contributed by atoms with Crippen LogP contribution >= 0.6 is 0 Å². The summed E-state index contributed by atoms with van der Waals surface area (Å²) in [5.41, 5.74) is 11.3. The number of fused-ring (bicyclic) bond motifs is 1. The number of likely N-dealkylation sites (tertiary alicyclic amines) is 1. The molecule has 5 amide bonds. The van der Waals surface area contributed by atoms with E-state index in [4.69, 9.17) is 5.73 Å². The van der Waals surface area contributed by atoms with Crippen LogP contribution in [0.25, 0.3) is 5.57 Å². The van der Waals surface area contributed by atoms with E-state index in [0.29, 0.717) is 38.6 Å². The van der Waals surface area contributed by atoms with Crippen LogP contribution in [0, 0.1) is 24.2 Å². The summed E-state index contributed by atoms with van der Waals surface area (Å²) in [7, 11) is 0. The number of rotatable bonds is 19. The third kappa shape index (κ3) is 11.8. The lowest BCUT2D eigenvalue weighted by Crippen LogP contribution is -2.59. The highest BCUT2D eigenvalue weighted by Crippen LogP contribution is 2.31. The number of benzene rings is 3. The largest absolute Gasteiger partial charge is 0.352 e. The van der Waals surface area contributed by atoms with Gasteiger partial charge in [-0.2, -0.15) is 5.26 Å². The van der Waals surface area contributed by atoms with Gasteiger partial charge in [0.25, 0.3) is 0 Å². The Labute approximate surface area is 329 Å². The number of nitrogens with zero attached hydrogens (tertiary/aromatic N) is 2. The number of allylic oxidation sites excluding steroid dienone is 1. The van der Waals surface area contributed by atoms with Crippen LogP contribution < -0.4 is 27.0 Å². The molecular formula is C44H53N7O5. The highest BCUT2D eigenvalue weighted by molar-refractivity contribution is 5.96. The number of aryl methyl sites for hydroxylation is 1. The van der Waals surface area contributed by atoms with Gasteiger partial charge in [-0.1, -0.05) is 90.5 Å². The molecule has 3 aromatic rings. The summed E-state index contributed by atoms with van der Waals surface area (Å²) in [4.78, 5) is 69.5. The SMILES string of the molecule is Cc1ccc(CNC(=O)[C@H](CCCNC(N)=O)CC(=O)[C@H](CC2=CCc3ccccc32)NC(=O)[C@@H]2CCCCN2C(=O)[C@H](Cc2ccccc2)NCC#N)cc1. The van der Waals surface area contributed by atoms with E-state index < -0.39 is 36.0 Å². The van der Waals surface area contributed by atoms with Crippen molar-refractivity contribution in [3.63, 3.8) is 0 Å². The van der Waals surface area contributed by atoms with Gasteiger partial charge < -0.3 is 26.6 Å². The number of carbonyl (C=O) groups excluding carboxylic acids is 5. The maximum absolute atomic E-state index is 14.4. The number of urea groups is 1. The second kappa shape index (κ2) is 20.8. The van der Waals surface area contributed by atoms with E-state index in [1.165, 1.54) is 0 Å². The Kier molecular flexibility index (Phi) is 15.3. The standard InChI is InChI=1S/C44H53N7O5/c1-30-16-18-32(19-17-30)29-49-41(53)35(13-9-23-48-44(46)56)28-40(52)37(27-34-21-20-33-12-5-6-14-36(33)34)50-42(54)39-15-7-8-25-51(39)43(55)38(47-24-22-45)26-31-10-3-2-4-11-31/h2-6,10-12,14,16-19,21,35,37-39,47H,7-9,13,15,20,23-29H2,1H3,(H,49,53)(H,50,54)(H3,46,48,56)/t35-,37+,38+,39+/m1/s1. The van der Waals surface area contributed by atoms with Crippen molar-refractivity contribution in [2.24, 2.45) is 11.7 Å². The van der Waals surface area contributed by atoms with Crippen LogP contribution in [0.3, 0.4) is 0 Å². The smallest absolute Gasteiger partial charge is 0.312 e. The monoisotopic (exact) mass is 759 g/mol. The number of hydrogen-bond donors (Lipinski definition) is 5. The number of hydrogen-bond acceptors (Lipinski definition) is 7. The maximum atomic E-state index is 14.4. The number of piperidine rings is 1. The predicted molar refractivity (Wildman–Crippen MR) is 215 cm³/mol. The first-order valence-electron chi connectivity index (χ1n) is 19.5. The zero-order valence-electron chi connectivity index (χ0n) is 32.1. The molecule has 4 atom stereocenters. The van der Waals surface area contributed by atoms with E-state index >= 15 is 0 Å².